The number of amides is 1. The van der Waals surface area contributed by atoms with Crippen LogP contribution in [0.2, 0.25) is 0 Å². The predicted octanol–water partition coefficient (Wildman–Crippen LogP) is 5.40. The molecule has 1 saturated heterocycles. The second kappa shape index (κ2) is 11.8. The number of halogens is 1. The minimum atomic E-state index is -0.422. The van der Waals surface area contributed by atoms with Crippen molar-refractivity contribution in [3.63, 3.8) is 0 Å². The van der Waals surface area contributed by atoms with E-state index >= 15 is 0 Å². The van der Waals surface area contributed by atoms with Gasteiger partial charge in [0.15, 0.2) is 6.61 Å². The van der Waals surface area contributed by atoms with E-state index in [1.807, 2.05) is 48.2 Å². The van der Waals surface area contributed by atoms with Crippen LogP contribution in [0.15, 0.2) is 72.8 Å². The van der Waals surface area contributed by atoms with Crippen molar-refractivity contribution in [2.75, 3.05) is 19.7 Å². The third-order valence-electron chi connectivity index (χ3n) is 6.55. The first-order valence-corrected chi connectivity index (χ1v) is 12.2. The molecule has 3 aromatic rings. The Hall–Kier alpha value is -4.04. The van der Waals surface area contributed by atoms with Gasteiger partial charge in [0.25, 0.3) is 11.6 Å². The molecule has 1 fully saturated rings. The molecule has 0 aromatic heterocycles. The van der Waals surface area contributed by atoms with Gasteiger partial charge in [0.05, 0.1) is 4.92 Å². The maximum atomic E-state index is 13.2. The summed E-state index contributed by atoms with van der Waals surface area (Å²) >= 11 is 0. The second-order valence-electron chi connectivity index (χ2n) is 9.34. The van der Waals surface area contributed by atoms with Crippen molar-refractivity contribution < 1.29 is 18.8 Å². The Balaban J connectivity index is 1.26. The number of nitro groups is 1. The summed E-state index contributed by atoms with van der Waals surface area (Å²) in [6, 6.07) is 20.5. The van der Waals surface area contributed by atoms with E-state index in [4.69, 9.17) is 4.74 Å². The Morgan fingerprint density at radius 3 is 2.14 bits per heavy atom. The van der Waals surface area contributed by atoms with E-state index in [0.717, 1.165) is 29.8 Å². The van der Waals surface area contributed by atoms with E-state index in [2.05, 4.69) is 11.8 Å². The first-order valence-electron chi connectivity index (χ1n) is 12.2. The van der Waals surface area contributed by atoms with Gasteiger partial charge in [-0.05, 0) is 66.9 Å². The molecule has 0 aliphatic carbocycles. The summed E-state index contributed by atoms with van der Waals surface area (Å²) in [5, 5.41) is 10.8. The Labute approximate surface area is 215 Å². The molecule has 1 heterocycles. The summed E-state index contributed by atoms with van der Waals surface area (Å²) in [4.78, 5) is 27.4. The molecule has 3 aromatic carbocycles. The molecule has 1 amide bonds. The van der Waals surface area contributed by atoms with Crippen molar-refractivity contribution in [3.05, 3.63) is 105 Å². The zero-order chi connectivity index (χ0) is 26.4. The maximum Gasteiger partial charge on any atom is 0.269 e. The van der Waals surface area contributed by atoms with Crippen LogP contribution in [-0.2, 0) is 11.3 Å². The van der Waals surface area contributed by atoms with Gasteiger partial charge in [0.1, 0.15) is 11.6 Å². The van der Waals surface area contributed by atoms with Crippen molar-refractivity contribution in [1.82, 2.24) is 9.80 Å². The number of carbonyl (C=O) groups is 1. The topological polar surface area (TPSA) is 75.9 Å². The number of non-ortho nitro benzene ring substituents is 1. The zero-order valence-electron chi connectivity index (χ0n) is 20.9. The van der Waals surface area contributed by atoms with Gasteiger partial charge in [0, 0.05) is 43.9 Å². The fraction of sp³-hybridized carbons (Fsp3) is 0.276. The van der Waals surface area contributed by atoms with Gasteiger partial charge in [0.2, 0.25) is 0 Å². The van der Waals surface area contributed by atoms with Crippen LogP contribution in [0.5, 0.6) is 5.75 Å². The first kappa shape index (κ1) is 26.0. The molecule has 2 atom stereocenters. The Morgan fingerprint density at radius 2 is 1.54 bits per heavy atom. The molecule has 4 rings (SSSR count). The zero-order valence-corrected chi connectivity index (χ0v) is 20.9. The lowest BCUT2D eigenvalue weighted by atomic mass is 10.1. The number of ether oxygens (including phenoxy) is 1. The van der Waals surface area contributed by atoms with Crippen molar-refractivity contribution in [1.29, 1.82) is 0 Å². The van der Waals surface area contributed by atoms with Gasteiger partial charge >= 0.3 is 0 Å². The highest BCUT2D eigenvalue weighted by Crippen LogP contribution is 2.20. The molecular weight excluding hydrogens is 473 g/mol. The molecule has 37 heavy (non-hydrogen) atoms. The number of rotatable bonds is 8. The number of hydrogen-bond donors (Lipinski definition) is 0. The molecule has 0 saturated carbocycles. The van der Waals surface area contributed by atoms with E-state index in [-0.39, 0.29) is 36.1 Å². The Kier molecular flexibility index (Phi) is 8.30. The normalized spacial score (nSPS) is 18.2. The third-order valence-corrected chi connectivity index (χ3v) is 6.55. The number of hydrogen-bond acceptors (Lipinski definition) is 5. The number of piperazine rings is 1. The number of carbonyl (C=O) groups excluding carboxylic acids is 1. The highest BCUT2D eigenvalue weighted by Gasteiger charge is 2.32. The van der Waals surface area contributed by atoms with Crippen LogP contribution in [0.1, 0.15) is 30.5 Å². The molecule has 2 unspecified atom stereocenters. The van der Waals surface area contributed by atoms with E-state index in [1.54, 1.807) is 24.3 Å². The van der Waals surface area contributed by atoms with Gasteiger partial charge in [-0.3, -0.25) is 19.8 Å². The largest absolute Gasteiger partial charge is 0.484 e. The molecule has 0 bridgehead atoms. The van der Waals surface area contributed by atoms with E-state index in [0.29, 0.717) is 12.3 Å². The van der Waals surface area contributed by atoms with Crippen LogP contribution in [0.4, 0.5) is 10.1 Å². The lowest BCUT2D eigenvalue weighted by Gasteiger charge is -2.44. The lowest BCUT2D eigenvalue weighted by molar-refractivity contribution is -0.384. The molecule has 1 aliphatic rings. The van der Waals surface area contributed by atoms with Gasteiger partial charge in [-0.25, -0.2) is 4.39 Å². The van der Waals surface area contributed by atoms with Crippen LogP contribution >= 0.6 is 0 Å². The highest BCUT2D eigenvalue weighted by atomic mass is 19.1. The van der Waals surface area contributed by atoms with Crippen LogP contribution in [0.3, 0.4) is 0 Å². The van der Waals surface area contributed by atoms with Gasteiger partial charge < -0.3 is 9.64 Å². The SMILES string of the molecule is CC1CN(C(=O)COc2ccc(C=Cc3ccc([N+](=O)[O-])cc3)cc2)C(C)CN1Cc1ccc(F)cc1. The number of nitrogens with zero attached hydrogens (tertiary/aromatic N) is 3. The van der Waals surface area contributed by atoms with Crippen molar-refractivity contribution in [2.45, 2.75) is 32.5 Å². The summed E-state index contributed by atoms with van der Waals surface area (Å²) in [5.74, 6) is 0.313. The molecule has 0 radical (unpaired) electrons. The van der Waals surface area contributed by atoms with Crippen LogP contribution < -0.4 is 4.74 Å². The molecule has 1 aliphatic heterocycles. The average molecular weight is 504 g/mol. The Bertz CT molecular complexity index is 1240. The van der Waals surface area contributed by atoms with Crippen LogP contribution in [-0.4, -0.2) is 52.4 Å². The number of benzene rings is 3. The highest BCUT2D eigenvalue weighted by molar-refractivity contribution is 5.78. The Morgan fingerprint density at radius 1 is 0.946 bits per heavy atom. The summed E-state index contributed by atoms with van der Waals surface area (Å²) < 4.78 is 19.0. The minimum absolute atomic E-state index is 0.0347. The molecule has 7 nitrogen and oxygen atoms in total. The maximum absolute atomic E-state index is 13.2. The lowest BCUT2D eigenvalue weighted by Crippen LogP contribution is -2.58. The molecule has 0 spiro atoms. The van der Waals surface area contributed by atoms with Crippen molar-refractivity contribution in [2.24, 2.45) is 0 Å². The average Bonchev–Trinajstić information content (AvgIpc) is 2.90. The summed E-state index contributed by atoms with van der Waals surface area (Å²) in [5.41, 5.74) is 2.91. The van der Waals surface area contributed by atoms with Gasteiger partial charge in [-0.15, -0.1) is 0 Å². The summed E-state index contributed by atoms with van der Waals surface area (Å²) in [7, 11) is 0. The van der Waals surface area contributed by atoms with Crippen LogP contribution in [0, 0.1) is 15.9 Å². The molecule has 0 N–H and O–H groups in total. The monoisotopic (exact) mass is 503 g/mol. The van der Waals surface area contributed by atoms with Crippen molar-refractivity contribution >= 4 is 23.7 Å². The summed E-state index contributed by atoms with van der Waals surface area (Å²) in [6.07, 6.45) is 3.78. The molecule has 192 valence electrons. The third kappa shape index (κ3) is 7.01. The fourth-order valence-corrected chi connectivity index (χ4v) is 4.39. The van der Waals surface area contributed by atoms with E-state index in [1.165, 1.54) is 24.3 Å². The quantitative estimate of drug-likeness (QED) is 0.234. The first-order chi connectivity index (χ1) is 17.8. The molecule has 8 heteroatoms. The van der Waals surface area contributed by atoms with E-state index in [9.17, 15) is 19.3 Å². The van der Waals surface area contributed by atoms with Gasteiger partial charge in [-0.2, -0.15) is 0 Å². The smallest absolute Gasteiger partial charge is 0.269 e. The van der Waals surface area contributed by atoms with Crippen molar-refractivity contribution in [3.8, 4) is 5.75 Å². The van der Waals surface area contributed by atoms with Crippen LogP contribution in [0.25, 0.3) is 12.2 Å². The number of nitro benzene ring substituents is 1. The van der Waals surface area contributed by atoms with Gasteiger partial charge in [-0.1, -0.05) is 36.4 Å². The standard InChI is InChI=1S/C29H30FN3O4/c1-21-18-32(22(2)17-31(21)19-25-5-11-26(30)12-6-25)29(34)20-37-28-15-9-24(10-16-28)4-3-23-7-13-27(14-8-23)33(35)36/h3-16,21-22H,17-20H2,1-2H3. The fourth-order valence-electron chi connectivity index (χ4n) is 4.39. The van der Waals surface area contributed by atoms with E-state index < -0.39 is 4.92 Å². The predicted molar refractivity (Wildman–Crippen MR) is 141 cm³/mol. The molecular formula is C29H30FN3O4. The summed E-state index contributed by atoms with van der Waals surface area (Å²) in [6.45, 7) is 6.16. The second-order valence-corrected chi connectivity index (χ2v) is 9.34. The minimum Gasteiger partial charge on any atom is -0.484 e.